The van der Waals surface area contributed by atoms with E-state index in [-0.39, 0.29) is 0 Å². The summed E-state index contributed by atoms with van der Waals surface area (Å²) in [7, 11) is 0. The van der Waals surface area contributed by atoms with Gasteiger partial charge in [-0.1, -0.05) is 0 Å². The van der Waals surface area contributed by atoms with Crippen LogP contribution in [0.3, 0.4) is 0 Å². The summed E-state index contributed by atoms with van der Waals surface area (Å²) in [5, 5.41) is 9.48. The second-order valence-corrected chi connectivity index (χ2v) is 3.75. The van der Waals surface area contributed by atoms with Crippen molar-refractivity contribution in [3.05, 3.63) is 24.0 Å². The highest BCUT2D eigenvalue weighted by Crippen LogP contribution is 2.07. The van der Waals surface area contributed by atoms with E-state index in [9.17, 15) is 9.90 Å². The van der Waals surface area contributed by atoms with Gasteiger partial charge in [0.15, 0.2) is 0 Å². The lowest BCUT2D eigenvalue weighted by Gasteiger charge is -2.17. The lowest BCUT2D eigenvalue weighted by atomic mass is 10.1. The number of carbonyl (C=O) groups is 1. The number of carbonyl (C=O) groups excluding carboxylic acids is 1. The second-order valence-electron chi connectivity index (χ2n) is 3.75. The molecule has 0 saturated heterocycles. The molecule has 0 aliphatic heterocycles. The summed E-state index contributed by atoms with van der Waals surface area (Å²) in [4.78, 5) is 10.7. The molecule has 3 N–H and O–H groups in total. The van der Waals surface area contributed by atoms with Crippen molar-refractivity contribution in [3.8, 4) is 0 Å². The van der Waals surface area contributed by atoms with E-state index in [1.807, 2.05) is 0 Å². The Hall–Kier alpha value is -1.29. The number of primary amides is 1. The van der Waals surface area contributed by atoms with Crippen molar-refractivity contribution >= 4 is 5.91 Å². The topological polar surface area (TPSA) is 68.2 Å². The maximum absolute atomic E-state index is 10.7. The Labute approximate surface area is 77.0 Å². The predicted octanol–water partition coefficient (Wildman–Crippen LogP) is 0.358. The van der Waals surface area contributed by atoms with Crippen LogP contribution in [0.4, 0.5) is 0 Å². The number of rotatable bonds is 3. The normalized spacial score (nSPS) is 11.6. The van der Waals surface area contributed by atoms with Crippen LogP contribution < -0.4 is 5.73 Å². The lowest BCUT2D eigenvalue weighted by molar-refractivity contribution is 0.0615. The zero-order valence-electron chi connectivity index (χ0n) is 7.82. The molecule has 1 aromatic heterocycles. The van der Waals surface area contributed by atoms with Crippen LogP contribution >= 0.6 is 0 Å². The standard InChI is InChI=1S/C9H14N2O2/c1-9(2,13)6-11-4-3-7(5-11)8(10)12/h3-5,13H,6H2,1-2H3,(H2,10,12). The van der Waals surface area contributed by atoms with Gasteiger partial charge in [0, 0.05) is 12.4 Å². The molecule has 1 aromatic rings. The Balaban J connectivity index is 2.75. The highest BCUT2D eigenvalue weighted by molar-refractivity contribution is 5.92. The Morgan fingerprint density at radius 1 is 1.69 bits per heavy atom. The maximum Gasteiger partial charge on any atom is 0.250 e. The van der Waals surface area contributed by atoms with Crippen molar-refractivity contribution < 1.29 is 9.90 Å². The maximum atomic E-state index is 10.7. The molecule has 0 atom stereocenters. The van der Waals surface area contributed by atoms with Crippen molar-refractivity contribution in [2.24, 2.45) is 5.73 Å². The Morgan fingerprint density at radius 3 is 2.69 bits per heavy atom. The number of nitrogens with two attached hydrogens (primary N) is 1. The molecule has 1 amide bonds. The van der Waals surface area contributed by atoms with Crippen molar-refractivity contribution in [2.45, 2.75) is 26.0 Å². The summed E-state index contributed by atoms with van der Waals surface area (Å²) < 4.78 is 1.74. The van der Waals surface area contributed by atoms with E-state index in [1.54, 1.807) is 36.9 Å². The van der Waals surface area contributed by atoms with Gasteiger partial charge in [0.2, 0.25) is 5.91 Å². The monoisotopic (exact) mass is 182 g/mol. The van der Waals surface area contributed by atoms with Gasteiger partial charge in [-0.3, -0.25) is 4.79 Å². The average Bonchev–Trinajstić information content (AvgIpc) is 2.31. The van der Waals surface area contributed by atoms with Crippen molar-refractivity contribution in [3.63, 3.8) is 0 Å². The van der Waals surface area contributed by atoms with Crippen molar-refractivity contribution in [1.29, 1.82) is 0 Å². The van der Waals surface area contributed by atoms with Gasteiger partial charge in [-0.15, -0.1) is 0 Å². The lowest BCUT2D eigenvalue weighted by Crippen LogP contribution is -2.25. The van der Waals surface area contributed by atoms with Crippen molar-refractivity contribution in [2.75, 3.05) is 0 Å². The molecular formula is C9H14N2O2. The number of nitrogens with zero attached hydrogens (tertiary/aromatic N) is 1. The van der Waals surface area contributed by atoms with Gasteiger partial charge in [-0.25, -0.2) is 0 Å². The minimum atomic E-state index is -0.784. The summed E-state index contributed by atoms with van der Waals surface area (Å²) in [6, 6.07) is 1.63. The first-order valence-electron chi connectivity index (χ1n) is 4.06. The molecule has 4 nitrogen and oxygen atoms in total. The molecule has 0 spiro atoms. The highest BCUT2D eigenvalue weighted by Gasteiger charge is 2.13. The minimum absolute atomic E-state index is 0.445. The van der Waals surface area contributed by atoms with Crippen LogP contribution in [-0.4, -0.2) is 21.2 Å². The van der Waals surface area contributed by atoms with Gasteiger partial charge >= 0.3 is 0 Å². The van der Waals surface area contributed by atoms with Gasteiger partial charge in [0.05, 0.1) is 17.7 Å². The average molecular weight is 182 g/mol. The van der Waals surface area contributed by atoms with Gasteiger partial charge in [-0.2, -0.15) is 0 Å². The zero-order chi connectivity index (χ0) is 10.1. The fraction of sp³-hybridized carbons (Fsp3) is 0.444. The molecule has 0 bridgehead atoms. The first-order valence-corrected chi connectivity index (χ1v) is 4.06. The summed E-state index contributed by atoms with van der Waals surface area (Å²) in [6.07, 6.45) is 3.35. The zero-order valence-corrected chi connectivity index (χ0v) is 7.82. The van der Waals surface area contributed by atoms with Crippen LogP contribution in [0.1, 0.15) is 24.2 Å². The van der Waals surface area contributed by atoms with E-state index in [0.29, 0.717) is 12.1 Å². The fourth-order valence-electron chi connectivity index (χ4n) is 1.13. The molecule has 0 fully saturated rings. The molecule has 1 rings (SSSR count). The van der Waals surface area contributed by atoms with Crippen LogP contribution in [0, 0.1) is 0 Å². The smallest absolute Gasteiger partial charge is 0.250 e. The SMILES string of the molecule is CC(C)(O)Cn1ccc(C(N)=O)c1. The number of aliphatic hydroxyl groups is 1. The third kappa shape index (κ3) is 2.91. The molecule has 0 saturated carbocycles. The van der Waals surface area contributed by atoms with Gasteiger partial charge in [0.25, 0.3) is 0 Å². The third-order valence-electron chi connectivity index (χ3n) is 1.60. The number of hydrogen-bond donors (Lipinski definition) is 2. The number of hydrogen-bond acceptors (Lipinski definition) is 2. The minimum Gasteiger partial charge on any atom is -0.389 e. The molecular weight excluding hydrogens is 168 g/mol. The van der Waals surface area contributed by atoms with E-state index in [2.05, 4.69) is 0 Å². The van der Waals surface area contributed by atoms with E-state index in [4.69, 9.17) is 5.73 Å². The molecule has 0 radical (unpaired) electrons. The summed E-state index contributed by atoms with van der Waals surface area (Å²) in [5.41, 5.74) is 4.75. The Morgan fingerprint density at radius 2 is 2.31 bits per heavy atom. The van der Waals surface area contributed by atoms with Crippen molar-refractivity contribution in [1.82, 2.24) is 4.57 Å². The van der Waals surface area contributed by atoms with E-state index >= 15 is 0 Å². The van der Waals surface area contributed by atoms with Gasteiger partial charge in [-0.05, 0) is 19.9 Å². The molecule has 0 aromatic carbocycles. The van der Waals surface area contributed by atoms with E-state index < -0.39 is 11.5 Å². The van der Waals surface area contributed by atoms with Gasteiger partial charge in [0.1, 0.15) is 0 Å². The fourth-order valence-corrected chi connectivity index (χ4v) is 1.13. The molecule has 0 unspecified atom stereocenters. The first-order chi connectivity index (χ1) is 5.88. The highest BCUT2D eigenvalue weighted by atomic mass is 16.3. The second kappa shape index (κ2) is 3.22. The first kappa shape index (κ1) is 9.80. The molecule has 1 heterocycles. The molecule has 72 valence electrons. The van der Waals surface area contributed by atoms with Crippen LogP contribution in [0.15, 0.2) is 18.5 Å². The molecule has 0 aliphatic carbocycles. The van der Waals surface area contributed by atoms with Crippen LogP contribution in [0.5, 0.6) is 0 Å². The molecule has 4 heteroatoms. The molecule has 13 heavy (non-hydrogen) atoms. The summed E-state index contributed by atoms with van der Waals surface area (Å²) in [5.74, 6) is -0.450. The van der Waals surface area contributed by atoms with Crippen LogP contribution in [0.25, 0.3) is 0 Å². The largest absolute Gasteiger partial charge is 0.389 e. The number of amides is 1. The quantitative estimate of drug-likeness (QED) is 0.708. The van der Waals surface area contributed by atoms with E-state index in [0.717, 1.165) is 0 Å². The molecule has 0 aliphatic rings. The third-order valence-corrected chi connectivity index (χ3v) is 1.60. The van der Waals surface area contributed by atoms with Crippen LogP contribution in [-0.2, 0) is 6.54 Å². The predicted molar refractivity (Wildman–Crippen MR) is 49.2 cm³/mol. The summed E-state index contributed by atoms with van der Waals surface area (Å²) in [6.45, 7) is 3.86. The van der Waals surface area contributed by atoms with Gasteiger partial charge < -0.3 is 15.4 Å². The number of aromatic nitrogens is 1. The Kier molecular flexibility index (Phi) is 2.43. The Bertz CT molecular complexity index is 310. The summed E-state index contributed by atoms with van der Waals surface area (Å²) >= 11 is 0. The van der Waals surface area contributed by atoms with E-state index in [1.165, 1.54) is 0 Å². The van der Waals surface area contributed by atoms with Crippen LogP contribution in [0.2, 0.25) is 0 Å².